The van der Waals surface area contributed by atoms with Crippen molar-refractivity contribution in [3.63, 3.8) is 0 Å². The Hall–Kier alpha value is -2.19. The molecule has 0 aromatic heterocycles. The maximum Gasteiger partial charge on any atom is 1.00 e. The van der Waals surface area contributed by atoms with Gasteiger partial charge in [0.2, 0.25) is 0 Å². The van der Waals surface area contributed by atoms with Crippen LogP contribution in [0.1, 0.15) is 40.2 Å². The number of hydrogen-bond acceptors (Lipinski definition) is 5. The van der Waals surface area contributed by atoms with Gasteiger partial charge in [0, 0.05) is 45.7 Å². The Morgan fingerprint density at radius 1 is 1.05 bits per heavy atom. The van der Waals surface area contributed by atoms with Crippen molar-refractivity contribution in [2.75, 3.05) is 13.2 Å². The molecule has 10 heteroatoms. The van der Waals surface area contributed by atoms with Crippen LogP contribution in [0, 0.1) is 0 Å². The molecule has 4 rings (SSSR count). The Labute approximate surface area is 251 Å². The number of carbonyl (C=O) groups is 2. The second-order valence-corrected chi connectivity index (χ2v) is 9.32. The van der Waals surface area contributed by atoms with E-state index in [0.717, 1.165) is 5.56 Å². The van der Waals surface area contributed by atoms with E-state index in [1.807, 2.05) is 18.2 Å². The molecular formula is C27H21Cl3NNaO5. The van der Waals surface area contributed by atoms with Gasteiger partial charge in [0.1, 0.15) is 17.2 Å². The number of carbonyl (C=O) groups excluding carboxylic acids is 2. The number of ether oxygens (including phenoxy) is 2. The fourth-order valence-corrected chi connectivity index (χ4v) is 4.41. The number of carboxylic acids is 1. The summed E-state index contributed by atoms with van der Waals surface area (Å²) in [6.07, 6.45) is 4.76. The third-order valence-electron chi connectivity index (χ3n) is 5.59. The van der Waals surface area contributed by atoms with Gasteiger partial charge in [0.15, 0.2) is 0 Å². The molecule has 1 aliphatic rings. The minimum Gasteiger partial charge on any atom is -0.549 e. The molecule has 1 N–H and O–H groups in total. The second-order valence-electron chi connectivity index (χ2n) is 8.07. The third-order valence-corrected chi connectivity index (χ3v) is 6.45. The van der Waals surface area contributed by atoms with Crippen LogP contribution in [0.3, 0.4) is 0 Å². The van der Waals surface area contributed by atoms with E-state index in [1.54, 1.807) is 42.5 Å². The van der Waals surface area contributed by atoms with Crippen molar-refractivity contribution in [3.8, 4) is 17.2 Å². The average Bonchev–Trinajstić information content (AvgIpc) is 2.85. The minimum atomic E-state index is -1.17. The molecule has 1 unspecified atom stereocenters. The number of benzene rings is 3. The van der Waals surface area contributed by atoms with E-state index in [0.29, 0.717) is 57.8 Å². The van der Waals surface area contributed by atoms with Crippen LogP contribution in [0.5, 0.6) is 17.2 Å². The van der Waals surface area contributed by atoms with Crippen molar-refractivity contribution >= 4 is 52.8 Å². The first-order valence-electron chi connectivity index (χ1n) is 11.2. The predicted molar refractivity (Wildman–Crippen MR) is 138 cm³/mol. The van der Waals surface area contributed by atoms with E-state index in [1.165, 1.54) is 6.07 Å². The summed E-state index contributed by atoms with van der Waals surface area (Å²) in [4.78, 5) is 23.8. The number of carboxylic acid groups (broad SMARTS) is 1. The molecule has 0 saturated carbocycles. The standard InChI is InChI=1S/C27H22Cl3NO5.Na/c28-18-7-4-16(22(29)13-18)3-1-2-11-31-26(32)17-5-8-19(9-6-17)36-25-15-24-21(14-23(25)30)20(27(33)34)10-12-35-24;/h1,3-9,13-15,20H,2,10-12H2,(H,31,32)(H,33,34);/q;+1/p-1/b3-1-;. The molecule has 0 bridgehead atoms. The number of rotatable bonds is 8. The minimum absolute atomic E-state index is 0. The molecule has 0 saturated heterocycles. The Bertz CT molecular complexity index is 1310. The molecule has 1 heterocycles. The quantitative estimate of drug-likeness (QED) is 0.334. The SMILES string of the molecule is O=C(NCC/C=C\c1ccc(Cl)cc1Cl)c1ccc(Oc2cc3c(cc2Cl)C(C(=O)[O-])CCO3)cc1.[Na+]. The van der Waals surface area contributed by atoms with Gasteiger partial charge in [0.25, 0.3) is 5.91 Å². The van der Waals surface area contributed by atoms with Crippen LogP contribution in [0.4, 0.5) is 0 Å². The summed E-state index contributed by atoms with van der Waals surface area (Å²) in [5, 5.41) is 15.6. The first-order valence-corrected chi connectivity index (χ1v) is 12.3. The van der Waals surface area contributed by atoms with E-state index >= 15 is 0 Å². The number of aliphatic carboxylic acids is 1. The normalized spacial score (nSPS) is 14.3. The van der Waals surface area contributed by atoms with E-state index in [2.05, 4.69) is 5.32 Å². The monoisotopic (exact) mass is 567 g/mol. The van der Waals surface area contributed by atoms with E-state index in [-0.39, 0.29) is 47.1 Å². The fraction of sp³-hybridized carbons (Fsp3) is 0.185. The summed E-state index contributed by atoms with van der Waals surface area (Å²) in [6, 6.07) is 15.0. The molecule has 3 aromatic rings. The molecule has 0 aliphatic carbocycles. The summed E-state index contributed by atoms with van der Waals surface area (Å²) < 4.78 is 11.4. The molecule has 37 heavy (non-hydrogen) atoms. The van der Waals surface area contributed by atoms with Crippen molar-refractivity contribution in [1.82, 2.24) is 5.32 Å². The van der Waals surface area contributed by atoms with Crippen molar-refractivity contribution in [3.05, 3.63) is 92.4 Å². The number of nitrogens with one attached hydrogen (secondary N) is 1. The van der Waals surface area contributed by atoms with Crippen LogP contribution in [0.25, 0.3) is 6.08 Å². The molecule has 0 radical (unpaired) electrons. The Morgan fingerprint density at radius 2 is 1.81 bits per heavy atom. The summed E-state index contributed by atoms with van der Waals surface area (Å²) >= 11 is 18.4. The van der Waals surface area contributed by atoms with Crippen LogP contribution < -0.4 is 49.5 Å². The zero-order valence-corrected chi connectivity index (χ0v) is 24.2. The Balaban J connectivity index is 0.00000380. The van der Waals surface area contributed by atoms with Gasteiger partial charge in [-0.1, -0.05) is 53.0 Å². The molecule has 0 spiro atoms. The summed E-state index contributed by atoms with van der Waals surface area (Å²) in [5.41, 5.74) is 1.80. The maximum absolute atomic E-state index is 12.4. The molecule has 0 fully saturated rings. The van der Waals surface area contributed by atoms with Crippen LogP contribution in [-0.4, -0.2) is 25.0 Å². The number of fused-ring (bicyclic) bond motifs is 1. The second kappa shape index (κ2) is 13.6. The molecule has 6 nitrogen and oxygen atoms in total. The summed E-state index contributed by atoms with van der Waals surface area (Å²) in [7, 11) is 0. The summed E-state index contributed by atoms with van der Waals surface area (Å²) in [6.45, 7) is 0.720. The van der Waals surface area contributed by atoms with Crippen molar-refractivity contribution < 1.29 is 53.7 Å². The summed E-state index contributed by atoms with van der Waals surface area (Å²) in [5.74, 6) is -0.974. The molecule has 1 atom stereocenters. The zero-order chi connectivity index (χ0) is 25.7. The molecular weight excluding hydrogens is 548 g/mol. The van der Waals surface area contributed by atoms with Crippen molar-refractivity contribution in [2.45, 2.75) is 18.8 Å². The topological polar surface area (TPSA) is 87.7 Å². The largest absolute Gasteiger partial charge is 1.00 e. The van der Waals surface area contributed by atoms with Gasteiger partial charge in [-0.2, -0.15) is 0 Å². The van der Waals surface area contributed by atoms with E-state index in [4.69, 9.17) is 44.3 Å². The van der Waals surface area contributed by atoms with Gasteiger partial charge in [0.05, 0.1) is 11.6 Å². The molecule has 186 valence electrons. The Morgan fingerprint density at radius 3 is 2.51 bits per heavy atom. The number of halogens is 3. The van der Waals surface area contributed by atoms with E-state index < -0.39 is 11.9 Å². The zero-order valence-electron chi connectivity index (χ0n) is 19.9. The van der Waals surface area contributed by atoms with Crippen LogP contribution in [0.2, 0.25) is 15.1 Å². The van der Waals surface area contributed by atoms with Crippen LogP contribution in [-0.2, 0) is 4.79 Å². The number of hydrogen-bond donors (Lipinski definition) is 1. The van der Waals surface area contributed by atoms with Gasteiger partial charge < -0.3 is 24.7 Å². The van der Waals surface area contributed by atoms with Crippen LogP contribution >= 0.6 is 34.8 Å². The third kappa shape index (κ3) is 7.66. The smallest absolute Gasteiger partial charge is 0.549 e. The number of amides is 1. The van der Waals surface area contributed by atoms with Gasteiger partial charge in [-0.05, 0) is 60.9 Å². The fourth-order valence-electron chi connectivity index (χ4n) is 3.73. The van der Waals surface area contributed by atoms with E-state index in [9.17, 15) is 14.7 Å². The average molecular weight is 569 g/mol. The van der Waals surface area contributed by atoms with Gasteiger partial charge in [-0.25, -0.2) is 0 Å². The van der Waals surface area contributed by atoms with Crippen molar-refractivity contribution in [2.24, 2.45) is 0 Å². The maximum atomic E-state index is 12.4. The first kappa shape index (κ1) is 29.4. The van der Waals surface area contributed by atoms with Gasteiger partial charge in [-0.15, -0.1) is 0 Å². The van der Waals surface area contributed by atoms with Crippen molar-refractivity contribution in [1.29, 1.82) is 0 Å². The van der Waals surface area contributed by atoms with Crippen LogP contribution in [0.15, 0.2) is 60.7 Å². The predicted octanol–water partition coefficient (Wildman–Crippen LogP) is 2.89. The molecule has 1 aliphatic heterocycles. The first-order chi connectivity index (χ1) is 17.3. The van der Waals surface area contributed by atoms with Gasteiger partial charge >= 0.3 is 29.6 Å². The molecule has 1 amide bonds. The van der Waals surface area contributed by atoms with Gasteiger partial charge in [-0.3, -0.25) is 4.79 Å². The molecule has 3 aromatic carbocycles. The Kier molecular flexibility index (Phi) is 10.8.